The van der Waals surface area contributed by atoms with E-state index < -0.39 is 0 Å². The second-order valence-corrected chi connectivity index (χ2v) is 7.62. The Balaban J connectivity index is 1.25. The molecule has 0 saturated heterocycles. The fourth-order valence-electron chi connectivity index (χ4n) is 3.17. The Kier molecular flexibility index (Phi) is 8.67. The molecule has 31 heavy (non-hydrogen) atoms. The van der Waals surface area contributed by atoms with Crippen LogP contribution in [0.15, 0.2) is 54.7 Å². The number of hydrogen-bond acceptors (Lipinski definition) is 5. The number of aldehydes is 1. The minimum absolute atomic E-state index is 0.0323. The number of unbranched alkanes of at least 4 members (excludes halogenated alkanes) is 3. The molecule has 0 radical (unpaired) electrons. The van der Waals surface area contributed by atoms with Gasteiger partial charge in [-0.25, -0.2) is 0 Å². The molecular formula is C24H26ClN3O3. The Morgan fingerprint density at radius 1 is 1.00 bits per heavy atom. The molecule has 0 unspecified atom stereocenters. The molecule has 0 atom stereocenters. The lowest BCUT2D eigenvalue weighted by Gasteiger charge is -2.10. The normalized spacial score (nSPS) is 10.6. The molecular weight excluding hydrogens is 414 g/mol. The van der Waals surface area contributed by atoms with Gasteiger partial charge in [-0.1, -0.05) is 24.4 Å². The molecule has 162 valence electrons. The van der Waals surface area contributed by atoms with Crippen LogP contribution in [-0.4, -0.2) is 36.9 Å². The van der Waals surface area contributed by atoms with E-state index >= 15 is 0 Å². The zero-order chi connectivity index (χ0) is 21.9. The van der Waals surface area contributed by atoms with E-state index in [2.05, 4.69) is 15.6 Å². The number of anilines is 1. The zero-order valence-electron chi connectivity index (χ0n) is 17.3. The van der Waals surface area contributed by atoms with E-state index in [0.717, 1.165) is 55.1 Å². The number of fused-ring (bicyclic) bond motifs is 1. The van der Waals surface area contributed by atoms with Crippen LogP contribution in [0.5, 0.6) is 5.75 Å². The molecule has 0 aliphatic heterocycles. The van der Waals surface area contributed by atoms with Gasteiger partial charge in [0.1, 0.15) is 12.0 Å². The number of benzene rings is 2. The van der Waals surface area contributed by atoms with Gasteiger partial charge in [0.15, 0.2) is 6.61 Å². The molecule has 0 spiro atoms. The molecule has 3 rings (SSSR count). The van der Waals surface area contributed by atoms with E-state index in [-0.39, 0.29) is 12.5 Å². The van der Waals surface area contributed by atoms with E-state index in [1.54, 1.807) is 30.5 Å². The molecule has 1 aromatic heterocycles. The standard InChI is InChI=1S/C24H26ClN3O3/c25-19-7-10-21-22(11-14-27-23(21)15-19)26-12-3-1-2-4-13-28-24(30)17-31-20-8-5-18(16-29)6-9-20/h5-11,14-16H,1-4,12-13,17H2,(H,26,27)(H,28,30). The summed E-state index contributed by atoms with van der Waals surface area (Å²) in [4.78, 5) is 26.8. The van der Waals surface area contributed by atoms with Crippen molar-refractivity contribution >= 4 is 40.4 Å². The summed E-state index contributed by atoms with van der Waals surface area (Å²) >= 11 is 6.03. The van der Waals surface area contributed by atoms with Gasteiger partial charge in [0.2, 0.25) is 0 Å². The summed E-state index contributed by atoms with van der Waals surface area (Å²) in [6.45, 7) is 1.48. The quantitative estimate of drug-likeness (QED) is 0.311. The van der Waals surface area contributed by atoms with Gasteiger partial charge < -0.3 is 15.4 Å². The molecule has 0 bridgehead atoms. The fourth-order valence-corrected chi connectivity index (χ4v) is 3.34. The van der Waals surface area contributed by atoms with Gasteiger partial charge in [-0.05, 0) is 61.4 Å². The smallest absolute Gasteiger partial charge is 0.257 e. The Morgan fingerprint density at radius 2 is 1.77 bits per heavy atom. The molecule has 2 N–H and O–H groups in total. The SMILES string of the molecule is O=Cc1ccc(OCC(=O)NCCCCCCNc2ccnc3cc(Cl)ccc23)cc1. The van der Waals surface area contributed by atoms with Gasteiger partial charge in [-0.15, -0.1) is 0 Å². The third kappa shape index (κ3) is 7.26. The summed E-state index contributed by atoms with van der Waals surface area (Å²) in [6.07, 6.45) is 6.65. The van der Waals surface area contributed by atoms with Crippen molar-refractivity contribution in [1.82, 2.24) is 10.3 Å². The number of nitrogens with zero attached hydrogens (tertiary/aromatic N) is 1. The third-order valence-corrected chi connectivity index (χ3v) is 5.07. The molecule has 1 amide bonds. The molecule has 0 fully saturated rings. The lowest BCUT2D eigenvalue weighted by molar-refractivity contribution is -0.123. The minimum atomic E-state index is -0.147. The zero-order valence-corrected chi connectivity index (χ0v) is 18.0. The second kappa shape index (κ2) is 11.9. The predicted octanol–water partition coefficient (Wildman–Crippen LogP) is 4.87. The summed E-state index contributed by atoms with van der Waals surface area (Å²) in [7, 11) is 0. The summed E-state index contributed by atoms with van der Waals surface area (Å²) in [5, 5.41) is 8.08. The maximum Gasteiger partial charge on any atom is 0.257 e. The molecule has 7 heteroatoms. The number of ether oxygens (including phenoxy) is 1. The first kappa shape index (κ1) is 22.6. The van der Waals surface area contributed by atoms with Crippen LogP contribution in [0.2, 0.25) is 5.02 Å². The van der Waals surface area contributed by atoms with Crippen molar-refractivity contribution in [3.63, 3.8) is 0 Å². The molecule has 0 aliphatic rings. The van der Waals surface area contributed by atoms with Crippen LogP contribution in [0.4, 0.5) is 5.69 Å². The Bertz CT molecular complexity index is 1010. The highest BCUT2D eigenvalue weighted by atomic mass is 35.5. The summed E-state index contributed by atoms with van der Waals surface area (Å²) < 4.78 is 5.41. The number of nitrogens with one attached hydrogen (secondary N) is 2. The van der Waals surface area contributed by atoms with E-state index in [1.807, 2.05) is 24.3 Å². The highest BCUT2D eigenvalue weighted by molar-refractivity contribution is 6.31. The second-order valence-electron chi connectivity index (χ2n) is 7.19. The van der Waals surface area contributed by atoms with E-state index in [4.69, 9.17) is 16.3 Å². The number of halogens is 1. The van der Waals surface area contributed by atoms with Gasteiger partial charge in [0, 0.05) is 40.9 Å². The molecule has 2 aromatic carbocycles. The number of rotatable bonds is 12. The summed E-state index contributed by atoms with van der Waals surface area (Å²) in [6, 6.07) is 14.4. The van der Waals surface area contributed by atoms with Crippen LogP contribution in [0.1, 0.15) is 36.0 Å². The van der Waals surface area contributed by atoms with Crippen LogP contribution >= 0.6 is 11.6 Å². The maximum absolute atomic E-state index is 11.8. The number of pyridine rings is 1. The lowest BCUT2D eigenvalue weighted by atomic mass is 10.1. The third-order valence-electron chi connectivity index (χ3n) is 4.83. The first-order chi connectivity index (χ1) is 15.2. The number of amides is 1. The molecule has 1 heterocycles. The molecule has 0 aliphatic carbocycles. The van der Waals surface area contributed by atoms with Crippen LogP contribution < -0.4 is 15.4 Å². The maximum atomic E-state index is 11.8. The van der Waals surface area contributed by atoms with Crippen molar-refractivity contribution in [2.45, 2.75) is 25.7 Å². The number of aromatic nitrogens is 1. The van der Waals surface area contributed by atoms with Gasteiger partial charge in [0.05, 0.1) is 5.52 Å². The van der Waals surface area contributed by atoms with Crippen molar-refractivity contribution in [1.29, 1.82) is 0 Å². The molecule has 0 saturated carbocycles. The Hall–Kier alpha value is -3.12. The molecule has 3 aromatic rings. The van der Waals surface area contributed by atoms with Crippen molar-refractivity contribution in [2.24, 2.45) is 0 Å². The van der Waals surface area contributed by atoms with Crippen molar-refractivity contribution in [3.8, 4) is 5.75 Å². The van der Waals surface area contributed by atoms with Crippen LogP contribution in [-0.2, 0) is 4.79 Å². The monoisotopic (exact) mass is 439 g/mol. The topological polar surface area (TPSA) is 80.3 Å². The first-order valence-corrected chi connectivity index (χ1v) is 10.8. The van der Waals surface area contributed by atoms with Crippen molar-refractivity contribution < 1.29 is 14.3 Å². The van der Waals surface area contributed by atoms with Gasteiger partial charge in [0.25, 0.3) is 5.91 Å². The number of carbonyl (C=O) groups excluding carboxylic acids is 2. The van der Waals surface area contributed by atoms with E-state index in [0.29, 0.717) is 22.9 Å². The Labute approximate surface area is 187 Å². The van der Waals surface area contributed by atoms with Gasteiger partial charge >= 0.3 is 0 Å². The van der Waals surface area contributed by atoms with Crippen molar-refractivity contribution in [3.05, 3.63) is 65.3 Å². The van der Waals surface area contributed by atoms with E-state index in [9.17, 15) is 9.59 Å². The first-order valence-electron chi connectivity index (χ1n) is 10.4. The fraction of sp³-hybridized carbons (Fsp3) is 0.292. The van der Waals surface area contributed by atoms with Gasteiger partial charge in [-0.3, -0.25) is 14.6 Å². The summed E-state index contributed by atoms with van der Waals surface area (Å²) in [5.74, 6) is 0.420. The van der Waals surface area contributed by atoms with Crippen molar-refractivity contribution in [2.75, 3.05) is 25.0 Å². The van der Waals surface area contributed by atoms with Crippen LogP contribution in [0.3, 0.4) is 0 Å². The summed E-state index contributed by atoms with van der Waals surface area (Å²) in [5.41, 5.74) is 2.52. The van der Waals surface area contributed by atoms with E-state index in [1.165, 1.54) is 0 Å². The average molecular weight is 440 g/mol. The number of carbonyl (C=O) groups is 2. The highest BCUT2D eigenvalue weighted by Crippen LogP contribution is 2.24. The van der Waals surface area contributed by atoms with Gasteiger partial charge in [-0.2, -0.15) is 0 Å². The highest BCUT2D eigenvalue weighted by Gasteiger charge is 2.04. The van der Waals surface area contributed by atoms with Crippen LogP contribution in [0.25, 0.3) is 10.9 Å². The largest absolute Gasteiger partial charge is 0.484 e. The van der Waals surface area contributed by atoms with Crippen LogP contribution in [0, 0.1) is 0 Å². The Morgan fingerprint density at radius 3 is 2.55 bits per heavy atom. The predicted molar refractivity (Wildman–Crippen MR) is 124 cm³/mol. The molecule has 6 nitrogen and oxygen atoms in total. The lowest BCUT2D eigenvalue weighted by Crippen LogP contribution is -2.29. The number of hydrogen-bond donors (Lipinski definition) is 2. The minimum Gasteiger partial charge on any atom is -0.484 e. The average Bonchev–Trinajstić information content (AvgIpc) is 2.79.